The van der Waals surface area contributed by atoms with E-state index < -0.39 is 11.7 Å². The molecule has 1 amide bonds. The van der Waals surface area contributed by atoms with E-state index in [1.807, 2.05) is 30.3 Å². The molecule has 0 spiro atoms. The molecule has 0 radical (unpaired) electrons. The van der Waals surface area contributed by atoms with Gasteiger partial charge in [0, 0.05) is 5.56 Å². The average molecular weight is 328 g/mol. The second-order valence-corrected chi connectivity index (χ2v) is 5.12. The fraction of sp³-hybridized carbons (Fsp3) is 0. The Balaban J connectivity index is 1.80. The summed E-state index contributed by atoms with van der Waals surface area (Å²) in [5, 5.41) is 2.58. The predicted octanol–water partition coefficient (Wildman–Crippen LogP) is 4.19. The highest BCUT2D eigenvalue weighted by Gasteiger charge is 2.16. The summed E-state index contributed by atoms with van der Waals surface area (Å²) >= 11 is 5.86. The second-order valence-electron chi connectivity index (χ2n) is 4.71. The Hall–Kier alpha value is -2.79. The molecule has 3 rings (SSSR count). The molecule has 0 aliphatic heterocycles. The third kappa shape index (κ3) is 3.35. The van der Waals surface area contributed by atoms with E-state index >= 15 is 0 Å². The van der Waals surface area contributed by atoms with Crippen molar-refractivity contribution in [2.75, 3.05) is 5.32 Å². The molecule has 2 aromatic carbocycles. The van der Waals surface area contributed by atoms with Gasteiger partial charge in [0.2, 0.25) is 0 Å². The van der Waals surface area contributed by atoms with Crippen molar-refractivity contribution in [1.29, 1.82) is 0 Å². The number of halogens is 2. The van der Waals surface area contributed by atoms with E-state index in [1.165, 1.54) is 30.6 Å². The Kier molecular flexibility index (Phi) is 4.30. The molecule has 4 nitrogen and oxygen atoms in total. The van der Waals surface area contributed by atoms with E-state index in [4.69, 9.17) is 11.6 Å². The molecule has 1 heterocycles. The first kappa shape index (κ1) is 15.1. The number of anilines is 1. The number of amides is 1. The van der Waals surface area contributed by atoms with Gasteiger partial charge in [0.15, 0.2) is 5.82 Å². The summed E-state index contributed by atoms with van der Waals surface area (Å²) in [6, 6.07) is 13.5. The maximum atomic E-state index is 13.7. The van der Waals surface area contributed by atoms with Crippen LogP contribution >= 0.6 is 11.6 Å². The number of nitrogens with one attached hydrogen (secondary N) is 1. The van der Waals surface area contributed by atoms with Crippen LogP contribution in [0.15, 0.2) is 60.9 Å². The second kappa shape index (κ2) is 6.54. The lowest BCUT2D eigenvalue weighted by atomic mass is 10.2. The number of hydrogen-bond acceptors (Lipinski definition) is 3. The predicted molar refractivity (Wildman–Crippen MR) is 86.8 cm³/mol. The average Bonchev–Trinajstić information content (AvgIpc) is 2.56. The summed E-state index contributed by atoms with van der Waals surface area (Å²) in [7, 11) is 0. The van der Waals surface area contributed by atoms with E-state index in [0.29, 0.717) is 11.5 Å². The van der Waals surface area contributed by atoms with Gasteiger partial charge in [0.05, 0.1) is 28.7 Å². The first-order valence-electron chi connectivity index (χ1n) is 6.78. The maximum absolute atomic E-state index is 13.7. The maximum Gasteiger partial charge on any atom is 0.260 e. The number of carbonyl (C=O) groups is 1. The van der Waals surface area contributed by atoms with Gasteiger partial charge in [0.25, 0.3) is 5.91 Å². The molecule has 1 N–H and O–H groups in total. The molecule has 0 fully saturated rings. The minimum Gasteiger partial charge on any atom is -0.319 e. The number of aromatic nitrogens is 2. The first-order valence-corrected chi connectivity index (χ1v) is 7.16. The Morgan fingerprint density at radius 2 is 1.70 bits per heavy atom. The molecule has 3 aromatic rings. The fourth-order valence-electron chi connectivity index (χ4n) is 2.04. The zero-order valence-corrected chi connectivity index (χ0v) is 12.6. The highest BCUT2D eigenvalue weighted by molar-refractivity contribution is 6.34. The number of hydrogen-bond donors (Lipinski definition) is 1. The lowest BCUT2D eigenvalue weighted by Crippen LogP contribution is -2.14. The molecule has 0 saturated heterocycles. The van der Waals surface area contributed by atoms with Crippen molar-refractivity contribution in [2.24, 2.45) is 0 Å². The van der Waals surface area contributed by atoms with Crippen LogP contribution in [0.25, 0.3) is 11.4 Å². The van der Waals surface area contributed by atoms with E-state index in [1.54, 1.807) is 0 Å². The summed E-state index contributed by atoms with van der Waals surface area (Å²) in [5.74, 6) is -0.798. The molecule has 114 valence electrons. The van der Waals surface area contributed by atoms with Crippen molar-refractivity contribution >= 4 is 23.2 Å². The van der Waals surface area contributed by atoms with Crippen LogP contribution in [0.1, 0.15) is 10.4 Å². The van der Waals surface area contributed by atoms with Gasteiger partial charge in [-0.05, 0) is 12.1 Å². The summed E-state index contributed by atoms with van der Waals surface area (Å²) < 4.78 is 13.7. The zero-order valence-electron chi connectivity index (χ0n) is 11.8. The van der Waals surface area contributed by atoms with Gasteiger partial charge in [-0.3, -0.25) is 4.79 Å². The minimum absolute atomic E-state index is 0.0457. The Morgan fingerprint density at radius 1 is 1.00 bits per heavy atom. The van der Waals surface area contributed by atoms with E-state index in [9.17, 15) is 9.18 Å². The number of rotatable bonds is 3. The largest absolute Gasteiger partial charge is 0.319 e. The van der Waals surface area contributed by atoms with Gasteiger partial charge in [-0.1, -0.05) is 48.0 Å². The van der Waals surface area contributed by atoms with Crippen LogP contribution in [0.2, 0.25) is 5.02 Å². The van der Waals surface area contributed by atoms with Crippen LogP contribution in [0, 0.1) is 5.82 Å². The number of benzene rings is 2. The Labute approximate surface area is 137 Å². The molecule has 0 aliphatic rings. The molecular formula is C17H11ClFN3O. The van der Waals surface area contributed by atoms with Crippen LogP contribution < -0.4 is 5.32 Å². The quantitative estimate of drug-likeness (QED) is 0.784. The Bertz CT molecular complexity index is 818. The third-order valence-corrected chi connectivity index (χ3v) is 3.45. The normalized spacial score (nSPS) is 10.3. The topological polar surface area (TPSA) is 54.9 Å². The molecule has 0 atom stereocenters. The fourth-order valence-corrected chi connectivity index (χ4v) is 2.29. The standard InChI is InChI=1S/C17H11ClFN3O/c18-13-7-4-8-14(19)15(13)17(23)22-12-9-20-16(21-10-12)11-5-2-1-3-6-11/h1-10H,(H,22,23). The number of nitrogens with zero attached hydrogens (tertiary/aromatic N) is 2. The van der Waals surface area contributed by atoms with Crippen molar-refractivity contribution in [3.63, 3.8) is 0 Å². The van der Waals surface area contributed by atoms with Gasteiger partial charge >= 0.3 is 0 Å². The van der Waals surface area contributed by atoms with Crippen LogP contribution in [0.5, 0.6) is 0 Å². The molecule has 1 aromatic heterocycles. The molecule has 23 heavy (non-hydrogen) atoms. The van der Waals surface area contributed by atoms with Crippen molar-refractivity contribution in [1.82, 2.24) is 9.97 Å². The van der Waals surface area contributed by atoms with Gasteiger partial charge in [-0.2, -0.15) is 0 Å². The van der Waals surface area contributed by atoms with Crippen molar-refractivity contribution < 1.29 is 9.18 Å². The lowest BCUT2D eigenvalue weighted by molar-refractivity contribution is 0.102. The van der Waals surface area contributed by atoms with E-state index in [2.05, 4.69) is 15.3 Å². The van der Waals surface area contributed by atoms with Gasteiger partial charge in [0.1, 0.15) is 5.82 Å². The van der Waals surface area contributed by atoms with Crippen molar-refractivity contribution in [3.8, 4) is 11.4 Å². The van der Waals surface area contributed by atoms with Crippen LogP contribution in [-0.2, 0) is 0 Å². The highest BCUT2D eigenvalue weighted by atomic mass is 35.5. The van der Waals surface area contributed by atoms with Crippen molar-refractivity contribution in [3.05, 3.63) is 77.3 Å². The van der Waals surface area contributed by atoms with E-state index in [-0.39, 0.29) is 10.6 Å². The van der Waals surface area contributed by atoms with E-state index in [0.717, 1.165) is 5.56 Å². The van der Waals surface area contributed by atoms with Gasteiger partial charge < -0.3 is 5.32 Å². The summed E-state index contributed by atoms with van der Waals surface area (Å²) in [4.78, 5) is 20.5. The summed E-state index contributed by atoms with van der Waals surface area (Å²) in [6.07, 6.45) is 2.92. The van der Waals surface area contributed by atoms with Crippen LogP contribution in [0.4, 0.5) is 10.1 Å². The SMILES string of the molecule is O=C(Nc1cnc(-c2ccccc2)nc1)c1c(F)cccc1Cl. The Morgan fingerprint density at radius 3 is 2.35 bits per heavy atom. The molecule has 6 heteroatoms. The lowest BCUT2D eigenvalue weighted by Gasteiger charge is -2.07. The first-order chi connectivity index (χ1) is 11.1. The van der Waals surface area contributed by atoms with Crippen molar-refractivity contribution in [2.45, 2.75) is 0 Å². The number of carbonyl (C=O) groups excluding carboxylic acids is 1. The highest BCUT2D eigenvalue weighted by Crippen LogP contribution is 2.21. The molecule has 0 saturated carbocycles. The zero-order chi connectivity index (χ0) is 16.2. The van der Waals surface area contributed by atoms with Gasteiger partial charge in [-0.15, -0.1) is 0 Å². The monoisotopic (exact) mass is 327 g/mol. The minimum atomic E-state index is -0.683. The molecule has 0 aliphatic carbocycles. The van der Waals surface area contributed by atoms with Gasteiger partial charge in [-0.25, -0.2) is 14.4 Å². The smallest absolute Gasteiger partial charge is 0.260 e. The third-order valence-electron chi connectivity index (χ3n) is 3.13. The summed E-state index contributed by atoms with van der Waals surface area (Å²) in [6.45, 7) is 0. The molecule has 0 unspecified atom stereocenters. The molecular weight excluding hydrogens is 317 g/mol. The summed E-state index contributed by atoms with van der Waals surface area (Å²) in [5.41, 5.74) is 1.01. The van der Waals surface area contributed by atoms with Crippen LogP contribution in [0.3, 0.4) is 0 Å². The van der Waals surface area contributed by atoms with Crippen LogP contribution in [-0.4, -0.2) is 15.9 Å². The molecule has 0 bridgehead atoms.